The molecule has 0 aromatic heterocycles. The van der Waals surface area contributed by atoms with Crippen LogP contribution in [0.15, 0.2) is 0 Å². The summed E-state index contributed by atoms with van der Waals surface area (Å²) in [6.45, 7) is 2.27. The highest BCUT2D eigenvalue weighted by molar-refractivity contribution is 7.99. The summed E-state index contributed by atoms with van der Waals surface area (Å²) in [5.74, 6) is 2.61. The van der Waals surface area contributed by atoms with Crippen LogP contribution in [-0.4, -0.2) is 24.6 Å². The minimum atomic E-state index is -0.0684. The molecule has 0 aromatic rings. The zero-order valence-corrected chi connectivity index (χ0v) is 15.1. The average Bonchev–Trinajstić information content (AvgIpc) is 2.50. The second-order valence-corrected chi connectivity index (χ2v) is 7.05. The summed E-state index contributed by atoms with van der Waals surface area (Å²) in [5.41, 5.74) is 0. The van der Waals surface area contributed by atoms with Crippen molar-refractivity contribution in [3.05, 3.63) is 0 Å². The van der Waals surface area contributed by atoms with E-state index >= 15 is 0 Å². The van der Waals surface area contributed by atoms with E-state index in [1.54, 1.807) is 0 Å². The van der Waals surface area contributed by atoms with Crippen molar-refractivity contribution in [1.29, 1.82) is 0 Å². The lowest BCUT2D eigenvalue weighted by Gasteiger charge is -2.03. The standard InChI is InChI=1S/C18H36O2S/c1-3-4-5-6-10-13-16-21-17-14-11-8-7-9-12-15-18(19)20-2/h3-17H2,1-2H3. The van der Waals surface area contributed by atoms with Gasteiger partial charge in [-0.2, -0.15) is 11.8 Å². The van der Waals surface area contributed by atoms with E-state index in [0.717, 1.165) is 6.42 Å². The van der Waals surface area contributed by atoms with Gasteiger partial charge < -0.3 is 4.74 Å². The third-order valence-electron chi connectivity index (χ3n) is 3.79. The first kappa shape index (κ1) is 20.8. The van der Waals surface area contributed by atoms with Gasteiger partial charge in [-0.25, -0.2) is 0 Å². The maximum absolute atomic E-state index is 10.9. The molecule has 0 saturated carbocycles. The Balaban J connectivity index is 2.98. The Morgan fingerprint density at radius 3 is 1.76 bits per heavy atom. The monoisotopic (exact) mass is 316 g/mol. The van der Waals surface area contributed by atoms with Crippen LogP contribution in [0.2, 0.25) is 0 Å². The van der Waals surface area contributed by atoms with Crippen molar-refractivity contribution < 1.29 is 9.53 Å². The van der Waals surface area contributed by atoms with Gasteiger partial charge in [0.05, 0.1) is 7.11 Å². The van der Waals surface area contributed by atoms with Gasteiger partial charge in [-0.15, -0.1) is 0 Å². The zero-order chi connectivity index (χ0) is 15.6. The first-order valence-corrected chi connectivity index (χ1v) is 10.1. The van der Waals surface area contributed by atoms with E-state index < -0.39 is 0 Å². The topological polar surface area (TPSA) is 26.3 Å². The summed E-state index contributed by atoms with van der Waals surface area (Å²) in [6, 6.07) is 0. The molecule has 0 aliphatic heterocycles. The Bertz CT molecular complexity index is 219. The van der Waals surface area contributed by atoms with Crippen molar-refractivity contribution in [2.24, 2.45) is 0 Å². The van der Waals surface area contributed by atoms with Crippen LogP contribution in [0.25, 0.3) is 0 Å². The molecule has 0 rings (SSSR count). The first-order valence-electron chi connectivity index (χ1n) is 8.95. The maximum atomic E-state index is 10.9. The molecule has 0 atom stereocenters. The number of methoxy groups -OCH3 is 1. The van der Waals surface area contributed by atoms with Gasteiger partial charge in [-0.3, -0.25) is 4.79 Å². The second kappa shape index (κ2) is 17.9. The minimum Gasteiger partial charge on any atom is -0.469 e. The number of rotatable bonds is 16. The second-order valence-electron chi connectivity index (χ2n) is 5.83. The van der Waals surface area contributed by atoms with Crippen molar-refractivity contribution >= 4 is 17.7 Å². The molecule has 0 amide bonds. The van der Waals surface area contributed by atoms with Crippen LogP contribution < -0.4 is 0 Å². The van der Waals surface area contributed by atoms with Gasteiger partial charge in [0.25, 0.3) is 0 Å². The van der Waals surface area contributed by atoms with Gasteiger partial charge in [0.15, 0.2) is 0 Å². The summed E-state index contributed by atoms with van der Waals surface area (Å²) in [6.07, 6.45) is 16.5. The van der Waals surface area contributed by atoms with Crippen LogP contribution in [0.3, 0.4) is 0 Å². The highest BCUT2D eigenvalue weighted by Gasteiger charge is 1.99. The molecule has 126 valence electrons. The Morgan fingerprint density at radius 1 is 0.762 bits per heavy atom. The van der Waals surface area contributed by atoms with Crippen LogP contribution in [0.4, 0.5) is 0 Å². The Morgan fingerprint density at radius 2 is 1.24 bits per heavy atom. The van der Waals surface area contributed by atoms with Crippen molar-refractivity contribution in [2.75, 3.05) is 18.6 Å². The number of hydrogen-bond donors (Lipinski definition) is 0. The molecule has 0 aromatic carbocycles. The molecule has 0 spiro atoms. The quantitative estimate of drug-likeness (QED) is 0.259. The van der Waals surface area contributed by atoms with Crippen molar-refractivity contribution in [3.8, 4) is 0 Å². The highest BCUT2D eigenvalue weighted by atomic mass is 32.2. The molecule has 0 aliphatic rings. The van der Waals surface area contributed by atoms with Crippen molar-refractivity contribution in [1.82, 2.24) is 0 Å². The smallest absolute Gasteiger partial charge is 0.305 e. The van der Waals surface area contributed by atoms with Gasteiger partial charge in [0.2, 0.25) is 0 Å². The van der Waals surface area contributed by atoms with Gasteiger partial charge in [-0.1, -0.05) is 64.7 Å². The molecule has 0 saturated heterocycles. The minimum absolute atomic E-state index is 0.0684. The first-order chi connectivity index (χ1) is 10.3. The molecule has 21 heavy (non-hydrogen) atoms. The molecule has 0 unspecified atom stereocenters. The largest absolute Gasteiger partial charge is 0.469 e. The number of carbonyl (C=O) groups excluding carboxylic acids is 1. The lowest BCUT2D eigenvalue weighted by Crippen LogP contribution is -1.99. The normalized spacial score (nSPS) is 10.8. The number of unbranched alkanes of at least 4 members (excludes halogenated alkanes) is 10. The Hall–Kier alpha value is -0.180. The molecular formula is C18H36O2S. The fraction of sp³-hybridized carbons (Fsp3) is 0.944. The average molecular weight is 317 g/mol. The van der Waals surface area contributed by atoms with Crippen LogP contribution in [0, 0.1) is 0 Å². The van der Waals surface area contributed by atoms with E-state index in [-0.39, 0.29) is 5.97 Å². The molecule has 0 fully saturated rings. The maximum Gasteiger partial charge on any atom is 0.305 e. The molecule has 2 nitrogen and oxygen atoms in total. The predicted octanol–water partition coefficient (Wildman–Crippen LogP) is 5.98. The highest BCUT2D eigenvalue weighted by Crippen LogP contribution is 2.13. The van der Waals surface area contributed by atoms with E-state index in [2.05, 4.69) is 23.4 Å². The molecule has 3 heteroatoms. The third kappa shape index (κ3) is 17.8. The van der Waals surface area contributed by atoms with Gasteiger partial charge in [0.1, 0.15) is 0 Å². The number of hydrogen-bond acceptors (Lipinski definition) is 3. The van der Waals surface area contributed by atoms with Crippen LogP contribution >= 0.6 is 11.8 Å². The SMILES string of the molecule is CCCCCCCCSCCCCCCCCC(=O)OC. The van der Waals surface area contributed by atoms with E-state index in [1.807, 2.05) is 0 Å². The zero-order valence-electron chi connectivity index (χ0n) is 14.3. The van der Waals surface area contributed by atoms with Crippen LogP contribution in [0.5, 0.6) is 0 Å². The van der Waals surface area contributed by atoms with Crippen LogP contribution in [0.1, 0.15) is 90.4 Å². The Labute approximate surface area is 136 Å². The number of thioether (sulfide) groups is 1. The van der Waals surface area contributed by atoms with Gasteiger partial charge in [-0.05, 0) is 30.8 Å². The summed E-state index contributed by atoms with van der Waals surface area (Å²) in [4.78, 5) is 10.9. The summed E-state index contributed by atoms with van der Waals surface area (Å²) in [5, 5.41) is 0. The third-order valence-corrected chi connectivity index (χ3v) is 4.94. The van der Waals surface area contributed by atoms with Crippen molar-refractivity contribution in [3.63, 3.8) is 0 Å². The Kier molecular flexibility index (Phi) is 17.7. The lowest BCUT2D eigenvalue weighted by molar-refractivity contribution is -0.140. The van der Waals surface area contributed by atoms with E-state index in [0.29, 0.717) is 6.42 Å². The summed E-state index contributed by atoms with van der Waals surface area (Å²) >= 11 is 2.13. The lowest BCUT2D eigenvalue weighted by atomic mass is 10.1. The fourth-order valence-electron chi connectivity index (χ4n) is 2.37. The summed E-state index contributed by atoms with van der Waals surface area (Å²) < 4.78 is 4.63. The predicted molar refractivity (Wildman–Crippen MR) is 95.0 cm³/mol. The van der Waals surface area contributed by atoms with Crippen LogP contribution in [-0.2, 0) is 9.53 Å². The number of ether oxygens (including phenoxy) is 1. The summed E-state index contributed by atoms with van der Waals surface area (Å²) in [7, 11) is 1.46. The van der Waals surface area contributed by atoms with Crippen molar-refractivity contribution in [2.45, 2.75) is 90.4 Å². The number of esters is 1. The fourth-order valence-corrected chi connectivity index (χ4v) is 3.39. The van der Waals surface area contributed by atoms with Gasteiger partial charge >= 0.3 is 5.97 Å². The molecule has 0 radical (unpaired) electrons. The number of carbonyl (C=O) groups is 1. The molecular weight excluding hydrogens is 280 g/mol. The van der Waals surface area contributed by atoms with Gasteiger partial charge in [0, 0.05) is 6.42 Å². The van der Waals surface area contributed by atoms with E-state index in [9.17, 15) is 4.79 Å². The molecule has 0 aliphatic carbocycles. The van der Waals surface area contributed by atoms with E-state index in [4.69, 9.17) is 0 Å². The molecule has 0 N–H and O–H groups in total. The molecule has 0 bridgehead atoms. The molecule has 0 heterocycles. The van der Waals surface area contributed by atoms with E-state index in [1.165, 1.54) is 89.2 Å².